The fraction of sp³-hybridized carbons (Fsp3) is 0.467. The fourth-order valence-corrected chi connectivity index (χ4v) is 2.37. The SMILES string of the molecule is CC1(C(=O)Nc2ccc(CC(=O)O)cc2)CCNCC1. The lowest BCUT2D eigenvalue weighted by Gasteiger charge is -2.32. The molecule has 0 saturated carbocycles. The highest BCUT2D eigenvalue weighted by atomic mass is 16.4. The number of rotatable bonds is 4. The molecule has 20 heavy (non-hydrogen) atoms. The maximum Gasteiger partial charge on any atom is 0.307 e. The Labute approximate surface area is 118 Å². The van der Waals surface area contributed by atoms with Crippen molar-refractivity contribution in [3.8, 4) is 0 Å². The predicted molar refractivity (Wildman–Crippen MR) is 76.6 cm³/mol. The van der Waals surface area contributed by atoms with Gasteiger partial charge in [-0.1, -0.05) is 19.1 Å². The molecule has 108 valence electrons. The summed E-state index contributed by atoms with van der Waals surface area (Å²) >= 11 is 0. The Morgan fingerprint density at radius 1 is 1.25 bits per heavy atom. The molecule has 3 N–H and O–H groups in total. The Morgan fingerprint density at radius 3 is 2.40 bits per heavy atom. The van der Waals surface area contributed by atoms with E-state index in [1.807, 2.05) is 6.92 Å². The van der Waals surface area contributed by atoms with Gasteiger partial charge in [-0.2, -0.15) is 0 Å². The topological polar surface area (TPSA) is 78.4 Å². The smallest absolute Gasteiger partial charge is 0.307 e. The van der Waals surface area contributed by atoms with Crippen molar-refractivity contribution in [2.75, 3.05) is 18.4 Å². The van der Waals surface area contributed by atoms with Crippen molar-refractivity contribution in [2.24, 2.45) is 5.41 Å². The van der Waals surface area contributed by atoms with Crippen LogP contribution in [0, 0.1) is 5.41 Å². The molecular weight excluding hydrogens is 256 g/mol. The number of anilines is 1. The number of carbonyl (C=O) groups is 2. The molecule has 1 aliphatic heterocycles. The molecule has 0 spiro atoms. The van der Waals surface area contributed by atoms with Gasteiger partial charge in [0.05, 0.1) is 6.42 Å². The summed E-state index contributed by atoms with van der Waals surface area (Å²) in [4.78, 5) is 22.9. The average Bonchev–Trinajstić information content (AvgIpc) is 2.41. The second-order valence-electron chi connectivity index (χ2n) is 5.53. The maximum atomic E-state index is 12.3. The number of carbonyl (C=O) groups excluding carboxylic acids is 1. The molecule has 0 unspecified atom stereocenters. The Hall–Kier alpha value is -1.88. The van der Waals surface area contributed by atoms with E-state index in [1.54, 1.807) is 24.3 Å². The van der Waals surface area contributed by atoms with Crippen molar-refractivity contribution in [1.29, 1.82) is 0 Å². The van der Waals surface area contributed by atoms with Gasteiger partial charge in [0.15, 0.2) is 0 Å². The largest absolute Gasteiger partial charge is 0.481 e. The minimum Gasteiger partial charge on any atom is -0.481 e. The number of hydrogen-bond acceptors (Lipinski definition) is 3. The van der Waals surface area contributed by atoms with Crippen LogP contribution >= 0.6 is 0 Å². The maximum absolute atomic E-state index is 12.3. The molecule has 5 heteroatoms. The summed E-state index contributed by atoms with van der Waals surface area (Å²) in [5.41, 5.74) is 1.11. The Kier molecular flexibility index (Phi) is 4.39. The van der Waals surface area contributed by atoms with Gasteiger partial charge in [0, 0.05) is 11.1 Å². The molecule has 0 atom stereocenters. The van der Waals surface area contributed by atoms with E-state index in [0.29, 0.717) is 5.69 Å². The van der Waals surface area contributed by atoms with Crippen LogP contribution in [-0.4, -0.2) is 30.1 Å². The summed E-state index contributed by atoms with van der Waals surface area (Å²) in [6.45, 7) is 3.71. The zero-order chi connectivity index (χ0) is 14.6. The highest BCUT2D eigenvalue weighted by Gasteiger charge is 2.34. The van der Waals surface area contributed by atoms with Gasteiger partial charge in [-0.25, -0.2) is 0 Å². The van der Waals surface area contributed by atoms with Gasteiger partial charge in [-0.05, 0) is 43.6 Å². The van der Waals surface area contributed by atoms with Crippen molar-refractivity contribution in [1.82, 2.24) is 5.32 Å². The van der Waals surface area contributed by atoms with Gasteiger partial charge in [0.2, 0.25) is 5.91 Å². The molecule has 0 radical (unpaired) electrons. The molecule has 1 aromatic rings. The molecule has 0 bridgehead atoms. The van der Waals surface area contributed by atoms with Crippen molar-refractivity contribution in [3.05, 3.63) is 29.8 Å². The molecule has 0 aromatic heterocycles. The van der Waals surface area contributed by atoms with Crippen LogP contribution in [0.25, 0.3) is 0 Å². The van der Waals surface area contributed by atoms with E-state index < -0.39 is 5.97 Å². The zero-order valence-corrected chi connectivity index (χ0v) is 11.6. The minimum absolute atomic E-state index is 0.00237. The van der Waals surface area contributed by atoms with Crippen LogP contribution in [0.4, 0.5) is 5.69 Å². The van der Waals surface area contributed by atoms with Crippen LogP contribution in [0.5, 0.6) is 0 Å². The van der Waals surface area contributed by atoms with Crippen LogP contribution in [0.1, 0.15) is 25.3 Å². The fourth-order valence-electron chi connectivity index (χ4n) is 2.37. The third-order valence-corrected chi connectivity index (χ3v) is 3.82. The van der Waals surface area contributed by atoms with E-state index in [9.17, 15) is 9.59 Å². The van der Waals surface area contributed by atoms with Crippen LogP contribution < -0.4 is 10.6 Å². The molecule has 1 fully saturated rings. The van der Waals surface area contributed by atoms with Crippen molar-refractivity contribution < 1.29 is 14.7 Å². The van der Waals surface area contributed by atoms with Crippen molar-refractivity contribution in [3.63, 3.8) is 0 Å². The quantitative estimate of drug-likeness (QED) is 0.781. The van der Waals surface area contributed by atoms with Gasteiger partial charge in [-0.15, -0.1) is 0 Å². The number of piperidine rings is 1. The second-order valence-corrected chi connectivity index (χ2v) is 5.53. The molecule has 1 aromatic carbocycles. The average molecular weight is 276 g/mol. The van der Waals surface area contributed by atoms with E-state index in [1.165, 1.54) is 0 Å². The zero-order valence-electron chi connectivity index (χ0n) is 11.6. The van der Waals surface area contributed by atoms with Gasteiger partial charge in [0.25, 0.3) is 0 Å². The first kappa shape index (κ1) is 14.5. The first-order valence-electron chi connectivity index (χ1n) is 6.82. The predicted octanol–water partition coefficient (Wildman–Crippen LogP) is 1.64. The first-order chi connectivity index (χ1) is 9.49. The highest BCUT2D eigenvalue weighted by molar-refractivity contribution is 5.95. The highest BCUT2D eigenvalue weighted by Crippen LogP contribution is 2.29. The Balaban J connectivity index is 1.98. The summed E-state index contributed by atoms with van der Waals surface area (Å²) in [5, 5.41) is 14.9. The third kappa shape index (κ3) is 3.57. The monoisotopic (exact) mass is 276 g/mol. The van der Waals surface area contributed by atoms with Gasteiger partial charge in [-0.3, -0.25) is 9.59 Å². The molecule has 1 aliphatic rings. The van der Waals surface area contributed by atoms with Crippen LogP contribution in [0.15, 0.2) is 24.3 Å². The number of hydrogen-bond donors (Lipinski definition) is 3. The molecule has 5 nitrogen and oxygen atoms in total. The summed E-state index contributed by atoms with van der Waals surface area (Å²) in [5.74, 6) is -0.825. The van der Waals surface area contributed by atoms with Gasteiger partial charge >= 0.3 is 5.97 Å². The van der Waals surface area contributed by atoms with Crippen LogP contribution in [0.2, 0.25) is 0 Å². The lowest BCUT2D eigenvalue weighted by Crippen LogP contribution is -2.42. The number of benzene rings is 1. The summed E-state index contributed by atoms with van der Waals surface area (Å²) in [7, 11) is 0. The second kappa shape index (κ2) is 6.05. The minimum atomic E-state index is -0.857. The number of aliphatic carboxylic acids is 1. The van der Waals surface area contributed by atoms with Gasteiger partial charge in [0.1, 0.15) is 0 Å². The first-order valence-corrected chi connectivity index (χ1v) is 6.82. The van der Waals surface area contributed by atoms with E-state index >= 15 is 0 Å². The molecule has 0 aliphatic carbocycles. The van der Waals surface area contributed by atoms with Crippen LogP contribution in [0.3, 0.4) is 0 Å². The van der Waals surface area contributed by atoms with E-state index in [0.717, 1.165) is 31.5 Å². The number of carboxylic acids is 1. The third-order valence-electron chi connectivity index (χ3n) is 3.82. The molecular formula is C15H20N2O3. The van der Waals surface area contributed by atoms with Crippen molar-refractivity contribution >= 4 is 17.6 Å². The van der Waals surface area contributed by atoms with E-state index in [2.05, 4.69) is 10.6 Å². The van der Waals surface area contributed by atoms with E-state index in [4.69, 9.17) is 5.11 Å². The summed E-state index contributed by atoms with van der Waals surface area (Å²) in [6.07, 6.45) is 1.66. The molecule has 1 saturated heterocycles. The lowest BCUT2D eigenvalue weighted by molar-refractivity contribution is -0.136. The number of amides is 1. The summed E-state index contributed by atoms with van der Waals surface area (Å²) in [6, 6.07) is 6.96. The molecule has 1 heterocycles. The normalized spacial score (nSPS) is 17.4. The summed E-state index contributed by atoms with van der Waals surface area (Å²) < 4.78 is 0. The lowest BCUT2D eigenvalue weighted by atomic mass is 9.80. The van der Waals surface area contributed by atoms with E-state index in [-0.39, 0.29) is 17.7 Å². The van der Waals surface area contributed by atoms with Gasteiger partial charge < -0.3 is 15.7 Å². The molecule has 1 amide bonds. The Bertz CT molecular complexity index is 490. The standard InChI is InChI=1S/C15H20N2O3/c1-15(6-8-16-9-7-15)14(20)17-12-4-2-11(3-5-12)10-13(18)19/h2-5,16H,6-10H2,1H3,(H,17,20)(H,18,19). The Morgan fingerprint density at radius 2 is 1.85 bits per heavy atom. The number of carboxylic acid groups (broad SMARTS) is 1. The van der Waals surface area contributed by atoms with Crippen molar-refractivity contribution in [2.45, 2.75) is 26.2 Å². The number of nitrogens with one attached hydrogen (secondary N) is 2. The van der Waals surface area contributed by atoms with Crippen LogP contribution in [-0.2, 0) is 16.0 Å². The molecule has 2 rings (SSSR count).